The predicted octanol–water partition coefficient (Wildman–Crippen LogP) is 6.27. The summed E-state index contributed by atoms with van der Waals surface area (Å²) < 4.78 is 5.52. The van der Waals surface area contributed by atoms with Crippen molar-refractivity contribution in [2.24, 2.45) is 0 Å². The molecule has 0 atom stereocenters. The number of carbonyl (C=O) groups excluding carboxylic acids is 1. The Morgan fingerprint density at radius 2 is 1.84 bits per heavy atom. The van der Waals surface area contributed by atoms with Gasteiger partial charge in [-0.1, -0.05) is 31.4 Å². The Balaban J connectivity index is 1.36. The van der Waals surface area contributed by atoms with Crippen LogP contribution in [0.3, 0.4) is 0 Å². The second-order valence-electron chi connectivity index (χ2n) is 11.6. The van der Waals surface area contributed by atoms with E-state index in [2.05, 4.69) is 68.1 Å². The first-order valence-corrected chi connectivity index (χ1v) is 16.0. The molecule has 43 heavy (non-hydrogen) atoms. The van der Waals surface area contributed by atoms with Gasteiger partial charge in [0.15, 0.2) is 5.82 Å². The number of H-pyrrole nitrogens is 1. The van der Waals surface area contributed by atoms with Gasteiger partial charge in [0, 0.05) is 24.0 Å². The van der Waals surface area contributed by atoms with Crippen LogP contribution in [-0.2, 0) is 16.0 Å². The van der Waals surface area contributed by atoms with Gasteiger partial charge in [0.1, 0.15) is 0 Å². The Morgan fingerprint density at radius 3 is 2.58 bits per heavy atom. The monoisotopic (exact) mass is 593 g/mol. The molecule has 3 aromatic heterocycles. The maximum atomic E-state index is 13.7. The number of nitrogens with one attached hydrogen (secondary N) is 1. The van der Waals surface area contributed by atoms with E-state index < -0.39 is 0 Å². The highest BCUT2D eigenvalue weighted by atomic mass is 32.1. The van der Waals surface area contributed by atoms with E-state index in [4.69, 9.17) is 9.72 Å². The smallest absolute Gasteiger partial charge is 0.227 e. The van der Waals surface area contributed by atoms with Crippen molar-refractivity contribution in [3.63, 3.8) is 0 Å². The van der Waals surface area contributed by atoms with Crippen LogP contribution in [0.4, 0.5) is 0 Å². The number of hydrogen-bond acceptors (Lipinski definition) is 8. The van der Waals surface area contributed by atoms with E-state index in [1.165, 1.54) is 24.8 Å². The molecule has 4 heterocycles. The van der Waals surface area contributed by atoms with Gasteiger partial charge < -0.3 is 9.64 Å². The molecule has 1 saturated heterocycles. The lowest BCUT2D eigenvalue weighted by atomic mass is 9.78. The number of pyridine rings is 1. The van der Waals surface area contributed by atoms with Gasteiger partial charge in [-0.3, -0.25) is 4.79 Å². The number of tetrazole rings is 1. The van der Waals surface area contributed by atoms with Gasteiger partial charge in [-0.25, -0.2) is 15.1 Å². The largest absolute Gasteiger partial charge is 0.378 e. The van der Waals surface area contributed by atoms with Gasteiger partial charge in [0.25, 0.3) is 0 Å². The van der Waals surface area contributed by atoms with Crippen LogP contribution in [0, 0.1) is 13.8 Å². The number of amides is 1. The van der Waals surface area contributed by atoms with E-state index in [0.717, 1.165) is 67.3 Å². The van der Waals surface area contributed by atoms with Crippen molar-refractivity contribution in [2.45, 2.75) is 58.3 Å². The van der Waals surface area contributed by atoms with E-state index >= 15 is 0 Å². The number of carbonyl (C=O) groups is 1. The molecule has 2 aliphatic rings. The molecule has 1 aliphatic heterocycles. The molecule has 10 heteroatoms. The molecule has 1 saturated carbocycles. The summed E-state index contributed by atoms with van der Waals surface area (Å²) in [6.45, 7) is 6.48. The molecule has 2 fully saturated rings. The van der Waals surface area contributed by atoms with Crippen molar-refractivity contribution in [1.29, 1.82) is 0 Å². The van der Waals surface area contributed by atoms with Crippen LogP contribution >= 0.6 is 11.3 Å². The molecule has 1 aliphatic carbocycles. The number of fused-ring (bicyclic) bond motifs is 1. The Labute approximate surface area is 254 Å². The first-order chi connectivity index (χ1) is 21.0. The Hall–Kier alpha value is -4.02. The fourth-order valence-corrected chi connectivity index (χ4v) is 7.53. The first-order valence-electron chi connectivity index (χ1n) is 15.2. The van der Waals surface area contributed by atoms with E-state index in [9.17, 15) is 4.79 Å². The zero-order chi connectivity index (χ0) is 29.3. The zero-order valence-corrected chi connectivity index (χ0v) is 25.4. The third-order valence-electron chi connectivity index (χ3n) is 8.73. The van der Waals surface area contributed by atoms with Crippen molar-refractivity contribution >= 4 is 28.1 Å². The Bertz CT molecular complexity index is 1770. The van der Waals surface area contributed by atoms with Gasteiger partial charge in [0.05, 0.1) is 46.4 Å². The molecule has 0 spiro atoms. The van der Waals surface area contributed by atoms with Crippen LogP contribution in [0.1, 0.15) is 59.9 Å². The molecule has 2 aromatic carbocycles. The fourth-order valence-electron chi connectivity index (χ4n) is 6.64. The molecule has 0 radical (unpaired) electrons. The van der Waals surface area contributed by atoms with Crippen molar-refractivity contribution in [2.75, 3.05) is 26.3 Å². The SMILES string of the molecule is Cc1nc(C)c(-c2ccc3cc(-c4c(CC(=O)N5CCOCC5)cc(-c5nnn[nH]5)cc4C4CCCCC4)ccc3n2)s1. The summed E-state index contributed by atoms with van der Waals surface area (Å²) in [6.07, 6.45) is 6.26. The molecule has 5 aromatic rings. The van der Waals surface area contributed by atoms with Gasteiger partial charge in [-0.15, -0.1) is 16.4 Å². The predicted molar refractivity (Wildman–Crippen MR) is 168 cm³/mol. The van der Waals surface area contributed by atoms with Gasteiger partial charge in [-0.2, -0.15) is 0 Å². The molecule has 7 rings (SSSR count). The summed E-state index contributed by atoms with van der Waals surface area (Å²) >= 11 is 1.68. The van der Waals surface area contributed by atoms with Crippen molar-refractivity contribution in [1.82, 2.24) is 35.5 Å². The molecule has 9 nitrogen and oxygen atoms in total. The maximum absolute atomic E-state index is 13.7. The van der Waals surface area contributed by atoms with E-state index in [1.54, 1.807) is 11.3 Å². The molecule has 0 bridgehead atoms. The third-order valence-corrected chi connectivity index (χ3v) is 9.83. The minimum absolute atomic E-state index is 0.120. The number of nitrogens with zero attached hydrogens (tertiary/aromatic N) is 6. The lowest BCUT2D eigenvalue weighted by Crippen LogP contribution is -2.41. The maximum Gasteiger partial charge on any atom is 0.227 e. The number of rotatable bonds is 6. The van der Waals surface area contributed by atoms with Crippen LogP contribution in [0.5, 0.6) is 0 Å². The number of aryl methyl sites for hydroxylation is 2. The minimum Gasteiger partial charge on any atom is -0.378 e. The number of morpholine rings is 1. The average molecular weight is 594 g/mol. The number of thiazole rings is 1. The summed E-state index contributed by atoms with van der Waals surface area (Å²) in [5.74, 6) is 1.15. The number of aromatic amines is 1. The summed E-state index contributed by atoms with van der Waals surface area (Å²) in [5, 5.41) is 17.0. The average Bonchev–Trinajstić information content (AvgIpc) is 3.70. The summed E-state index contributed by atoms with van der Waals surface area (Å²) in [6, 6.07) is 15.1. The standard InChI is InChI=1S/C33H35N7O2S/c1-20-32(43-21(2)34-20)29-11-8-23-16-24(9-10-28(23)35-29)31-25(19-30(41)40-12-14-42-15-13-40)17-26(33-36-38-39-37-33)18-27(31)22-6-4-3-5-7-22/h8-11,16-18,22H,3-7,12-15,19H2,1-2H3,(H,36,37,38,39). The molecule has 220 valence electrons. The number of hydrogen-bond donors (Lipinski definition) is 1. The Morgan fingerprint density at radius 1 is 1.00 bits per heavy atom. The highest BCUT2D eigenvalue weighted by molar-refractivity contribution is 7.15. The molecule has 1 N–H and O–H groups in total. The molecule has 0 unspecified atom stereocenters. The van der Waals surface area contributed by atoms with Crippen LogP contribution in [0.15, 0.2) is 42.5 Å². The highest BCUT2D eigenvalue weighted by Gasteiger charge is 2.26. The van der Waals surface area contributed by atoms with Crippen LogP contribution < -0.4 is 0 Å². The fraction of sp³-hybridized carbons (Fsp3) is 0.394. The zero-order valence-electron chi connectivity index (χ0n) is 24.6. The summed E-state index contributed by atoms with van der Waals surface area (Å²) in [4.78, 5) is 26.3. The summed E-state index contributed by atoms with van der Waals surface area (Å²) in [5.41, 5.74) is 8.38. The Kier molecular flexibility index (Phi) is 7.71. The lowest BCUT2D eigenvalue weighted by Gasteiger charge is -2.29. The van der Waals surface area contributed by atoms with Crippen LogP contribution in [0.25, 0.3) is 44.0 Å². The number of benzene rings is 2. The lowest BCUT2D eigenvalue weighted by molar-refractivity contribution is -0.134. The van der Waals surface area contributed by atoms with Crippen molar-refractivity contribution < 1.29 is 9.53 Å². The third kappa shape index (κ3) is 5.69. The van der Waals surface area contributed by atoms with Crippen LogP contribution in [-0.4, -0.2) is 67.7 Å². The van der Waals surface area contributed by atoms with Crippen LogP contribution in [0.2, 0.25) is 0 Å². The summed E-state index contributed by atoms with van der Waals surface area (Å²) in [7, 11) is 0. The van der Waals surface area contributed by atoms with E-state index in [0.29, 0.717) is 44.5 Å². The van der Waals surface area contributed by atoms with Gasteiger partial charge >= 0.3 is 0 Å². The molecule has 1 amide bonds. The number of ether oxygens (including phenoxy) is 1. The van der Waals surface area contributed by atoms with Crippen molar-refractivity contribution in [3.8, 4) is 33.1 Å². The topological polar surface area (TPSA) is 110 Å². The van der Waals surface area contributed by atoms with Gasteiger partial charge in [-0.05, 0) is 95.6 Å². The normalized spacial score (nSPS) is 16.2. The van der Waals surface area contributed by atoms with E-state index in [1.807, 2.05) is 18.7 Å². The van der Waals surface area contributed by atoms with Gasteiger partial charge in [0.2, 0.25) is 5.91 Å². The quantitative estimate of drug-likeness (QED) is 0.247. The second-order valence-corrected chi connectivity index (χ2v) is 12.8. The first kappa shape index (κ1) is 27.8. The highest BCUT2D eigenvalue weighted by Crippen LogP contribution is 2.43. The number of aromatic nitrogens is 6. The second kappa shape index (κ2) is 11.9. The minimum atomic E-state index is 0.120. The van der Waals surface area contributed by atoms with Crippen molar-refractivity contribution in [3.05, 3.63) is 64.3 Å². The molecular formula is C33H35N7O2S. The molecular weight excluding hydrogens is 558 g/mol. The van der Waals surface area contributed by atoms with E-state index in [-0.39, 0.29) is 5.91 Å².